The van der Waals surface area contributed by atoms with Gasteiger partial charge in [-0.15, -0.1) is 0 Å². The number of alkyl halides is 3. The number of halogens is 3. The first-order chi connectivity index (χ1) is 14.2. The second-order valence-corrected chi connectivity index (χ2v) is 6.38. The van der Waals surface area contributed by atoms with E-state index in [1.165, 1.54) is 36.1 Å². The number of hydrogen-bond acceptors (Lipinski definition) is 4. The normalized spacial score (nSPS) is 11.4. The Hall–Kier alpha value is -3.62. The van der Waals surface area contributed by atoms with E-state index in [9.17, 15) is 27.6 Å². The molecule has 0 fully saturated rings. The van der Waals surface area contributed by atoms with Crippen molar-refractivity contribution in [2.75, 3.05) is 12.4 Å². The SMILES string of the molecule is CCn1cc(C(=O)Nc2ccccc2C(=O)OC)c(=O)c2cc(C(F)(F)F)ccc21. The van der Waals surface area contributed by atoms with E-state index in [1.807, 2.05) is 0 Å². The molecule has 0 aliphatic heterocycles. The molecular weight excluding hydrogens is 401 g/mol. The topological polar surface area (TPSA) is 77.4 Å². The van der Waals surface area contributed by atoms with E-state index in [4.69, 9.17) is 0 Å². The second kappa shape index (κ2) is 8.02. The number of para-hydroxylation sites is 1. The third kappa shape index (κ3) is 3.91. The van der Waals surface area contributed by atoms with Crippen LogP contribution in [0.2, 0.25) is 0 Å². The zero-order chi connectivity index (χ0) is 22.1. The molecule has 1 amide bonds. The minimum absolute atomic E-state index is 0.0734. The number of hydrogen-bond donors (Lipinski definition) is 1. The zero-order valence-corrected chi connectivity index (χ0v) is 16.0. The molecule has 1 aromatic heterocycles. The molecule has 0 atom stereocenters. The number of carbonyl (C=O) groups excluding carboxylic acids is 2. The molecule has 156 valence electrons. The first-order valence-electron chi connectivity index (χ1n) is 8.90. The number of benzene rings is 2. The smallest absolute Gasteiger partial charge is 0.416 e. The number of fused-ring (bicyclic) bond motifs is 1. The fraction of sp³-hybridized carbons (Fsp3) is 0.190. The predicted octanol–water partition coefficient (Wildman–Crippen LogP) is 4.08. The Morgan fingerprint density at radius 2 is 1.80 bits per heavy atom. The molecule has 0 radical (unpaired) electrons. The number of nitrogens with one attached hydrogen (secondary N) is 1. The first kappa shape index (κ1) is 21.1. The number of amides is 1. The van der Waals surface area contributed by atoms with Gasteiger partial charge in [0.05, 0.1) is 29.4 Å². The number of nitrogens with zero attached hydrogens (tertiary/aromatic N) is 1. The van der Waals surface area contributed by atoms with Gasteiger partial charge in [0.2, 0.25) is 5.43 Å². The summed E-state index contributed by atoms with van der Waals surface area (Å²) in [4.78, 5) is 37.5. The lowest BCUT2D eigenvalue weighted by molar-refractivity contribution is -0.137. The van der Waals surface area contributed by atoms with Crippen molar-refractivity contribution in [3.05, 3.63) is 75.6 Å². The summed E-state index contributed by atoms with van der Waals surface area (Å²) in [6.07, 6.45) is -3.34. The van der Waals surface area contributed by atoms with Gasteiger partial charge in [-0.2, -0.15) is 13.2 Å². The Bertz CT molecular complexity index is 1200. The average molecular weight is 418 g/mol. The Balaban J connectivity index is 2.12. The summed E-state index contributed by atoms with van der Waals surface area (Å²) in [6, 6.07) is 8.86. The maximum atomic E-state index is 13.1. The fourth-order valence-electron chi connectivity index (χ4n) is 3.07. The van der Waals surface area contributed by atoms with Crippen LogP contribution in [0.1, 0.15) is 33.2 Å². The molecule has 6 nitrogen and oxygen atoms in total. The van der Waals surface area contributed by atoms with Crippen molar-refractivity contribution in [3.8, 4) is 0 Å². The van der Waals surface area contributed by atoms with Crippen LogP contribution in [0, 0.1) is 0 Å². The molecule has 2 aromatic carbocycles. The van der Waals surface area contributed by atoms with Crippen LogP contribution in [-0.2, 0) is 17.5 Å². The van der Waals surface area contributed by atoms with Gasteiger partial charge in [-0.25, -0.2) is 4.79 Å². The van der Waals surface area contributed by atoms with Gasteiger partial charge in [0, 0.05) is 18.1 Å². The Kier molecular flexibility index (Phi) is 5.64. The van der Waals surface area contributed by atoms with Gasteiger partial charge >= 0.3 is 12.1 Å². The van der Waals surface area contributed by atoms with Gasteiger partial charge < -0.3 is 14.6 Å². The largest absolute Gasteiger partial charge is 0.465 e. The standard InChI is InChI=1S/C21H17F3N2O4/c1-3-26-11-15(18(27)14-10-12(21(22,23)24)8-9-17(14)26)19(28)25-16-7-5-4-6-13(16)20(29)30-2/h4-11H,3H2,1-2H3,(H,25,28). The first-order valence-corrected chi connectivity index (χ1v) is 8.90. The summed E-state index contributed by atoms with van der Waals surface area (Å²) in [5.74, 6) is -1.54. The molecular formula is C21H17F3N2O4. The molecule has 30 heavy (non-hydrogen) atoms. The Morgan fingerprint density at radius 1 is 1.10 bits per heavy atom. The highest BCUT2D eigenvalue weighted by Gasteiger charge is 2.31. The zero-order valence-electron chi connectivity index (χ0n) is 16.0. The number of carbonyl (C=O) groups is 2. The van der Waals surface area contributed by atoms with Crippen LogP contribution >= 0.6 is 0 Å². The molecule has 9 heteroatoms. The van der Waals surface area contributed by atoms with Crippen LogP contribution in [-0.4, -0.2) is 23.6 Å². The van der Waals surface area contributed by atoms with Crippen LogP contribution in [0.3, 0.4) is 0 Å². The maximum Gasteiger partial charge on any atom is 0.416 e. The number of rotatable bonds is 4. The molecule has 0 saturated heterocycles. The summed E-state index contributed by atoms with van der Waals surface area (Å²) in [5.41, 5.74) is -1.70. The van der Waals surface area contributed by atoms with Crippen LogP contribution in [0.25, 0.3) is 10.9 Å². The van der Waals surface area contributed by atoms with E-state index in [0.717, 1.165) is 12.1 Å². The Labute approximate surface area is 168 Å². The van der Waals surface area contributed by atoms with Crippen molar-refractivity contribution in [2.45, 2.75) is 19.6 Å². The maximum absolute atomic E-state index is 13.1. The number of aromatic nitrogens is 1. The summed E-state index contributed by atoms with van der Waals surface area (Å²) in [6.45, 7) is 2.05. The minimum atomic E-state index is -4.63. The lowest BCUT2D eigenvalue weighted by Gasteiger charge is -2.14. The number of pyridine rings is 1. The predicted molar refractivity (Wildman–Crippen MR) is 105 cm³/mol. The quantitative estimate of drug-likeness (QED) is 0.648. The van der Waals surface area contributed by atoms with Gasteiger partial charge in [-0.3, -0.25) is 9.59 Å². The Morgan fingerprint density at radius 3 is 2.43 bits per heavy atom. The van der Waals surface area contributed by atoms with Crippen molar-refractivity contribution < 1.29 is 27.5 Å². The van der Waals surface area contributed by atoms with Crippen molar-refractivity contribution in [1.82, 2.24) is 4.57 Å². The van der Waals surface area contributed by atoms with E-state index < -0.39 is 29.0 Å². The van der Waals surface area contributed by atoms with Crippen molar-refractivity contribution >= 4 is 28.5 Å². The number of esters is 1. The number of aryl methyl sites for hydroxylation is 1. The third-order valence-electron chi connectivity index (χ3n) is 4.57. The average Bonchev–Trinajstić information content (AvgIpc) is 2.73. The monoisotopic (exact) mass is 418 g/mol. The van der Waals surface area contributed by atoms with E-state index in [0.29, 0.717) is 6.54 Å². The number of methoxy groups -OCH3 is 1. The lowest BCUT2D eigenvalue weighted by Crippen LogP contribution is -2.25. The summed E-state index contributed by atoms with van der Waals surface area (Å²) < 4.78 is 45.5. The van der Waals surface area contributed by atoms with Gasteiger partial charge in [0.1, 0.15) is 5.56 Å². The molecule has 0 unspecified atom stereocenters. The molecule has 0 bridgehead atoms. The van der Waals surface area contributed by atoms with E-state index in [2.05, 4.69) is 10.1 Å². The highest BCUT2D eigenvalue weighted by molar-refractivity contribution is 6.09. The van der Waals surface area contributed by atoms with Crippen LogP contribution < -0.4 is 10.7 Å². The van der Waals surface area contributed by atoms with Gasteiger partial charge in [0.15, 0.2) is 0 Å². The number of ether oxygens (including phenoxy) is 1. The van der Waals surface area contributed by atoms with Gasteiger partial charge in [0.25, 0.3) is 5.91 Å². The summed E-state index contributed by atoms with van der Waals surface area (Å²) in [7, 11) is 1.18. The summed E-state index contributed by atoms with van der Waals surface area (Å²) >= 11 is 0. The van der Waals surface area contributed by atoms with Gasteiger partial charge in [-0.1, -0.05) is 12.1 Å². The third-order valence-corrected chi connectivity index (χ3v) is 4.57. The van der Waals surface area contributed by atoms with E-state index in [1.54, 1.807) is 19.1 Å². The summed E-state index contributed by atoms with van der Waals surface area (Å²) in [5, 5.41) is 2.25. The van der Waals surface area contributed by atoms with Crippen molar-refractivity contribution in [3.63, 3.8) is 0 Å². The molecule has 0 aliphatic rings. The fourth-order valence-corrected chi connectivity index (χ4v) is 3.07. The van der Waals surface area contributed by atoms with E-state index in [-0.39, 0.29) is 27.7 Å². The second-order valence-electron chi connectivity index (χ2n) is 6.38. The van der Waals surface area contributed by atoms with Crippen LogP contribution in [0.5, 0.6) is 0 Å². The molecule has 3 rings (SSSR count). The molecule has 1 heterocycles. The minimum Gasteiger partial charge on any atom is -0.465 e. The lowest BCUT2D eigenvalue weighted by atomic mass is 10.1. The molecule has 0 aliphatic carbocycles. The van der Waals surface area contributed by atoms with Crippen molar-refractivity contribution in [1.29, 1.82) is 0 Å². The van der Waals surface area contributed by atoms with E-state index >= 15 is 0 Å². The van der Waals surface area contributed by atoms with Gasteiger partial charge in [-0.05, 0) is 37.3 Å². The number of anilines is 1. The molecule has 0 spiro atoms. The molecule has 0 saturated carbocycles. The van der Waals surface area contributed by atoms with Crippen LogP contribution in [0.15, 0.2) is 53.5 Å². The molecule has 1 N–H and O–H groups in total. The highest BCUT2D eigenvalue weighted by atomic mass is 19.4. The van der Waals surface area contributed by atoms with Crippen LogP contribution in [0.4, 0.5) is 18.9 Å². The van der Waals surface area contributed by atoms with Crippen molar-refractivity contribution in [2.24, 2.45) is 0 Å². The highest BCUT2D eigenvalue weighted by Crippen LogP contribution is 2.31. The molecule has 3 aromatic rings.